The molecule has 0 amide bonds. The molecule has 0 unspecified atom stereocenters. The molecule has 0 fully saturated rings. The van der Waals surface area contributed by atoms with Gasteiger partial charge in [-0.05, 0) is 17.7 Å². The lowest BCUT2D eigenvalue weighted by molar-refractivity contribution is 0.267. The van der Waals surface area contributed by atoms with E-state index < -0.39 is 11.9 Å². The van der Waals surface area contributed by atoms with Gasteiger partial charge in [-0.25, -0.2) is 4.39 Å². The minimum atomic E-state index is -0.491. The smallest absolute Gasteiger partial charge is 0.165 e. The highest BCUT2D eigenvalue weighted by Crippen LogP contribution is 2.21. The van der Waals surface area contributed by atoms with E-state index in [2.05, 4.69) is 0 Å². The fourth-order valence-corrected chi connectivity index (χ4v) is 1.01. The molecule has 3 nitrogen and oxygen atoms in total. The average Bonchev–Trinajstić information content (AvgIpc) is 2.17. The standard InChI is InChI=1S/C9H12FNO2.ClH/c1-13-9-4-6(8(11)5-12)2-3-7(9)10;/h2-4,8,12H,5,11H2,1H3;1H/t8-;/m0./s1. The number of aliphatic hydroxyl groups excluding tert-OH is 1. The molecule has 1 aromatic rings. The van der Waals surface area contributed by atoms with Crippen LogP contribution >= 0.6 is 12.4 Å². The van der Waals surface area contributed by atoms with E-state index in [4.69, 9.17) is 15.6 Å². The van der Waals surface area contributed by atoms with E-state index in [0.717, 1.165) is 0 Å². The maximum Gasteiger partial charge on any atom is 0.165 e. The minimum Gasteiger partial charge on any atom is -0.494 e. The molecule has 0 aromatic heterocycles. The summed E-state index contributed by atoms with van der Waals surface area (Å²) in [6.07, 6.45) is 0. The van der Waals surface area contributed by atoms with Crippen LogP contribution in [-0.4, -0.2) is 18.8 Å². The van der Waals surface area contributed by atoms with Crippen molar-refractivity contribution in [2.75, 3.05) is 13.7 Å². The summed E-state index contributed by atoms with van der Waals surface area (Å²) in [5.41, 5.74) is 6.19. The first-order valence-corrected chi connectivity index (χ1v) is 3.89. The van der Waals surface area contributed by atoms with Crippen molar-refractivity contribution in [3.05, 3.63) is 29.6 Å². The fourth-order valence-electron chi connectivity index (χ4n) is 1.01. The van der Waals surface area contributed by atoms with Gasteiger partial charge < -0.3 is 15.6 Å². The van der Waals surface area contributed by atoms with Gasteiger partial charge in [0.25, 0.3) is 0 Å². The zero-order valence-electron chi connectivity index (χ0n) is 7.74. The van der Waals surface area contributed by atoms with Crippen molar-refractivity contribution in [2.24, 2.45) is 5.73 Å². The minimum absolute atomic E-state index is 0. The molecular formula is C9H13ClFNO2. The third kappa shape index (κ3) is 2.83. The molecule has 0 spiro atoms. The topological polar surface area (TPSA) is 55.5 Å². The van der Waals surface area contributed by atoms with E-state index in [-0.39, 0.29) is 24.8 Å². The summed E-state index contributed by atoms with van der Waals surface area (Å²) in [6.45, 7) is -0.172. The van der Waals surface area contributed by atoms with Crippen molar-refractivity contribution in [1.82, 2.24) is 0 Å². The summed E-state index contributed by atoms with van der Waals surface area (Å²) in [5.74, 6) is -0.294. The van der Waals surface area contributed by atoms with Crippen molar-refractivity contribution < 1.29 is 14.2 Å². The molecule has 0 aliphatic heterocycles. The average molecular weight is 222 g/mol. The molecule has 0 heterocycles. The molecule has 0 aliphatic rings. The van der Waals surface area contributed by atoms with Crippen LogP contribution in [0.4, 0.5) is 4.39 Å². The van der Waals surface area contributed by atoms with Crippen LogP contribution in [0.2, 0.25) is 0 Å². The molecule has 5 heteroatoms. The lowest BCUT2D eigenvalue weighted by atomic mass is 10.1. The Morgan fingerprint density at radius 1 is 1.57 bits per heavy atom. The summed E-state index contributed by atoms with van der Waals surface area (Å²) in [4.78, 5) is 0. The summed E-state index contributed by atoms with van der Waals surface area (Å²) in [6, 6.07) is 3.79. The molecule has 0 aliphatic carbocycles. The Balaban J connectivity index is 0.00000169. The highest BCUT2D eigenvalue weighted by Gasteiger charge is 2.08. The Hall–Kier alpha value is -0.840. The van der Waals surface area contributed by atoms with Crippen LogP contribution in [0.1, 0.15) is 11.6 Å². The zero-order valence-corrected chi connectivity index (χ0v) is 8.55. The first kappa shape index (κ1) is 13.2. The Kier molecular flexibility index (Phi) is 5.45. The van der Waals surface area contributed by atoms with Crippen LogP contribution in [0.15, 0.2) is 18.2 Å². The molecule has 80 valence electrons. The monoisotopic (exact) mass is 221 g/mol. The van der Waals surface area contributed by atoms with E-state index in [0.29, 0.717) is 5.56 Å². The number of nitrogens with two attached hydrogens (primary N) is 1. The number of benzene rings is 1. The molecule has 0 saturated carbocycles. The van der Waals surface area contributed by atoms with Crippen LogP contribution in [0.3, 0.4) is 0 Å². The van der Waals surface area contributed by atoms with Gasteiger partial charge in [-0.15, -0.1) is 12.4 Å². The van der Waals surface area contributed by atoms with E-state index >= 15 is 0 Å². The van der Waals surface area contributed by atoms with Gasteiger partial charge in [-0.2, -0.15) is 0 Å². The van der Waals surface area contributed by atoms with Gasteiger partial charge >= 0.3 is 0 Å². The third-order valence-electron chi connectivity index (χ3n) is 1.80. The van der Waals surface area contributed by atoms with Crippen LogP contribution in [-0.2, 0) is 0 Å². The first-order valence-electron chi connectivity index (χ1n) is 3.89. The Morgan fingerprint density at radius 2 is 2.21 bits per heavy atom. The Bertz CT molecular complexity index is 296. The van der Waals surface area contributed by atoms with Crippen molar-refractivity contribution in [2.45, 2.75) is 6.04 Å². The van der Waals surface area contributed by atoms with Crippen LogP contribution < -0.4 is 10.5 Å². The van der Waals surface area contributed by atoms with Gasteiger partial charge in [0.15, 0.2) is 11.6 Å². The highest BCUT2D eigenvalue weighted by atomic mass is 35.5. The van der Waals surface area contributed by atoms with Gasteiger partial charge in [0, 0.05) is 0 Å². The predicted molar refractivity (Wildman–Crippen MR) is 54.2 cm³/mol. The molecule has 14 heavy (non-hydrogen) atoms. The summed E-state index contributed by atoms with van der Waals surface area (Å²) in [7, 11) is 1.38. The van der Waals surface area contributed by atoms with Crippen LogP contribution in [0.5, 0.6) is 5.75 Å². The summed E-state index contributed by atoms with van der Waals surface area (Å²) in [5, 5.41) is 8.76. The van der Waals surface area contributed by atoms with Crippen molar-refractivity contribution in [1.29, 1.82) is 0 Å². The van der Waals surface area contributed by atoms with Gasteiger partial charge in [-0.1, -0.05) is 6.07 Å². The van der Waals surface area contributed by atoms with E-state index in [1.807, 2.05) is 0 Å². The third-order valence-corrected chi connectivity index (χ3v) is 1.80. The normalized spacial score (nSPS) is 11.7. The fraction of sp³-hybridized carbons (Fsp3) is 0.333. The Morgan fingerprint density at radius 3 is 2.71 bits per heavy atom. The predicted octanol–water partition coefficient (Wildman–Crippen LogP) is 1.25. The molecule has 0 saturated heterocycles. The molecular weight excluding hydrogens is 209 g/mol. The van der Waals surface area contributed by atoms with Crippen LogP contribution in [0, 0.1) is 5.82 Å². The molecule has 0 radical (unpaired) electrons. The van der Waals surface area contributed by atoms with Gasteiger partial charge in [0.2, 0.25) is 0 Å². The van der Waals surface area contributed by atoms with Crippen LogP contribution in [0.25, 0.3) is 0 Å². The van der Waals surface area contributed by atoms with Crippen molar-refractivity contribution in [3.8, 4) is 5.75 Å². The first-order chi connectivity index (χ1) is 6.19. The number of rotatable bonds is 3. The molecule has 3 N–H and O–H groups in total. The Labute approximate surface area is 88.1 Å². The molecule has 1 aromatic carbocycles. The number of ether oxygens (including phenoxy) is 1. The summed E-state index contributed by atoms with van der Waals surface area (Å²) < 4.78 is 17.7. The quantitative estimate of drug-likeness (QED) is 0.808. The van der Waals surface area contributed by atoms with Gasteiger partial charge in [-0.3, -0.25) is 0 Å². The largest absolute Gasteiger partial charge is 0.494 e. The van der Waals surface area contributed by atoms with E-state index in [1.165, 1.54) is 25.3 Å². The van der Waals surface area contributed by atoms with Crippen molar-refractivity contribution in [3.63, 3.8) is 0 Å². The lowest BCUT2D eigenvalue weighted by Crippen LogP contribution is -2.14. The van der Waals surface area contributed by atoms with Crippen molar-refractivity contribution >= 4 is 12.4 Å². The maximum absolute atomic E-state index is 12.9. The van der Waals surface area contributed by atoms with E-state index in [9.17, 15) is 4.39 Å². The molecule has 1 rings (SSSR count). The second-order valence-corrected chi connectivity index (χ2v) is 2.68. The maximum atomic E-state index is 12.9. The molecule has 0 bridgehead atoms. The number of hydrogen-bond acceptors (Lipinski definition) is 3. The summed E-state index contributed by atoms with van der Waals surface area (Å²) >= 11 is 0. The van der Waals surface area contributed by atoms with Gasteiger partial charge in [0.05, 0.1) is 19.8 Å². The SMILES string of the molecule is COc1cc([C@@H](N)CO)ccc1F.Cl. The molecule has 1 atom stereocenters. The second-order valence-electron chi connectivity index (χ2n) is 2.68. The lowest BCUT2D eigenvalue weighted by Gasteiger charge is -2.10. The number of methoxy groups -OCH3 is 1. The number of aliphatic hydroxyl groups is 1. The highest BCUT2D eigenvalue weighted by molar-refractivity contribution is 5.85. The van der Waals surface area contributed by atoms with E-state index in [1.54, 1.807) is 0 Å². The zero-order chi connectivity index (χ0) is 9.84. The van der Waals surface area contributed by atoms with Gasteiger partial charge in [0.1, 0.15) is 0 Å². The number of halogens is 2. The second kappa shape index (κ2) is 5.80. The number of hydrogen-bond donors (Lipinski definition) is 2.